The summed E-state index contributed by atoms with van der Waals surface area (Å²) >= 11 is 0. The molecule has 3 aromatic carbocycles. The molecule has 202 valence electrons. The van der Waals surface area contributed by atoms with Gasteiger partial charge in [0.25, 0.3) is 5.91 Å². The van der Waals surface area contributed by atoms with Gasteiger partial charge in [0.2, 0.25) is 8.87 Å². The maximum Gasteiger partial charge on any atom is 0.333 e. The van der Waals surface area contributed by atoms with Gasteiger partial charge in [0, 0.05) is 17.0 Å². The van der Waals surface area contributed by atoms with Gasteiger partial charge in [-0.2, -0.15) is 0 Å². The summed E-state index contributed by atoms with van der Waals surface area (Å²) in [7, 11) is -1.75. The number of hydrogen-bond acceptors (Lipinski definition) is 8. The van der Waals surface area contributed by atoms with Gasteiger partial charge in [-0.1, -0.05) is 67.2 Å². The van der Waals surface area contributed by atoms with Crippen molar-refractivity contribution in [2.45, 2.75) is 35.9 Å². The summed E-state index contributed by atoms with van der Waals surface area (Å²) in [6.07, 6.45) is 1.53. The first-order valence-electron chi connectivity index (χ1n) is 12.0. The normalized spacial score (nSPS) is 17.9. The Kier molecular flexibility index (Phi) is 8.88. The molecular weight excluding hydrogens is 536 g/mol. The van der Waals surface area contributed by atoms with E-state index in [2.05, 4.69) is 11.6 Å². The Bertz CT molecular complexity index is 1460. The van der Waals surface area contributed by atoms with Crippen LogP contribution in [0.2, 0.25) is 0 Å². The number of carbonyl (C=O) groups excluding carboxylic acids is 2. The first-order chi connectivity index (χ1) is 18.7. The first kappa shape index (κ1) is 28.1. The van der Waals surface area contributed by atoms with Crippen LogP contribution in [0.15, 0.2) is 107 Å². The predicted molar refractivity (Wildman–Crippen MR) is 151 cm³/mol. The molecule has 3 aromatic rings. The van der Waals surface area contributed by atoms with Crippen molar-refractivity contribution >= 4 is 37.8 Å². The Morgan fingerprint density at radius 3 is 2.26 bits per heavy atom. The predicted octanol–water partition coefficient (Wildman–Crippen LogP) is 4.46. The highest BCUT2D eigenvalue weighted by Crippen LogP contribution is 2.41. The van der Waals surface area contributed by atoms with Crippen molar-refractivity contribution < 1.29 is 27.5 Å². The quantitative estimate of drug-likeness (QED) is 0.111. The molecule has 3 unspecified atom stereocenters. The Morgan fingerprint density at radius 2 is 1.67 bits per heavy atom. The molecule has 1 aliphatic heterocycles. The van der Waals surface area contributed by atoms with Gasteiger partial charge < -0.3 is 14.4 Å². The van der Waals surface area contributed by atoms with Crippen LogP contribution >= 0.6 is 10.8 Å². The third-order valence-electron chi connectivity index (χ3n) is 6.00. The zero-order valence-corrected chi connectivity index (χ0v) is 23.1. The number of nitrogens with zero attached hydrogens (tertiary/aromatic N) is 2. The van der Waals surface area contributed by atoms with E-state index >= 15 is 0 Å². The number of esters is 1. The van der Waals surface area contributed by atoms with Crippen LogP contribution in [-0.2, 0) is 29.8 Å². The SMILES string of the molecule is C=C(C)C(C(=O)OCc1ccc(OC)cc1)N1C(=O)C(N=Cc2ccccc2)C1SS(=O)(=O)c1ccccc1. The van der Waals surface area contributed by atoms with Crippen LogP contribution in [0.3, 0.4) is 0 Å². The standard InChI is InChI=1S/C29H28N2O6S2/c1-20(2)26(29(33)37-19-22-14-16-23(36-3)17-15-22)31-27(32)25(30-18-21-10-6-4-7-11-21)28(31)38-39(34,35)24-12-8-5-9-13-24/h4-18,25-26,28H,1,19H2,2-3H3. The Labute approximate surface area is 231 Å². The molecule has 0 N–H and O–H groups in total. The molecule has 0 saturated carbocycles. The molecule has 1 heterocycles. The molecule has 1 aliphatic rings. The second-order valence-corrected chi connectivity index (χ2v) is 12.8. The molecule has 10 heteroatoms. The zero-order valence-electron chi connectivity index (χ0n) is 21.5. The van der Waals surface area contributed by atoms with E-state index in [1.54, 1.807) is 56.5 Å². The summed E-state index contributed by atoms with van der Waals surface area (Å²) in [5.41, 5.74) is 1.83. The van der Waals surface area contributed by atoms with Gasteiger partial charge in [0.15, 0.2) is 12.1 Å². The average molecular weight is 565 g/mol. The monoisotopic (exact) mass is 564 g/mol. The van der Waals surface area contributed by atoms with E-state index in [1.807, 2.05) is 30.3 Å². The molecule has 3 atom stereocenters. The summed E-state index contributed by atoms with van der Waals surface area (Å²) in [6, 6.07) is 21.9. The fraction of sp³-hybridized carbons (Fsp3) is 0.207. The summed E-state index contributed by atoms with van der Waals surface area (Å²) in [4.78, 5) is 32.3. The summed E-state index contributed by atoms with van der Waals surface area (Å²) < 4.78 is 37.2. The van der Waals surface area contributed by atoms with Crippen LogP contribution in [0.5, 0.6) is 5.75 Å². The van der Waals surface area contributed by atoms with E-state index < -0.39 is 38.2 Å². The third-order valence-corrected chi connectivity index (χ3v) is 9.71. The number of methoxy groups -OCH3 is 1. The molecule has 0 aliphatic carbocycles. The van der Waals surface area contributed by atoms with Crippen molar-refractivity contribution in [2.75, 3.05) is 7.11 Å². The zero-order chi connectivity index (χ0) is 28.0. The maximum atomic E-state index is 13.4. The van der Waals surface area contributed by atoms with Crippen molar-refractivity contribution in [1.29, 1.82) is 0 Å². The number of β-lactam (4-membered cyclic amide) rings is 1. The molecule has 8 nitrogen and oxygen atoms in total. The summed E-state index contributed by atoms with van der Waals surface area (Å²) in [5, 5.41) is -0.974. The van der Waals surface area contributed by atoms with Crippen LogP contribution in [0.1, 0.15) is 18.1 Å². The van der Waals surface area contributed by atoms with Crippen LogP contribution < -0.4 is 4.74 Å². The minimum absolute atomic E-state index is 0.0374. The van der Waals surface area contributed by atoms with Crippen molar-refractivity contribution in [3.63, 3.8) is 0 Å². The lowest BCUT2D eigenvalue weighted by molar-refractivity contribution is -0.161. The summed E-state index contributed by atoms with van der Waals surface area (Å²) in [6.45, 7) is 5.45. The highest BCUT2D eigenvalue weighted by Gasteiger charge is 2.55. The van der Waals surface area contributed by atoms with Crippen molar-refractivity contribution in [3.05, 3.63) is 108 Å². The maximum absolute atomic E-state index is 13.4. The van der Waals surface area contributed by atoms with Gasteiger partial charge >= 0.3 is 5.97 Å². The number of carbonyl (C=O) groups is 2. The van der Waals surface area contributed by atoms with E-state index in [0.717, 1.165) is 11.1 Å². The number of benzene rings is 3. The molecule has 0 bridgehead atoms. The highest BCUT2D eigenvalue weighted by molar-refractivity contribution is 8.72. The van der Waals surface area contributed by atoms with Gasteiger partial charge in [-0.3, -0.25) is 9.79 Å². The van der Waals surface area contributed by atoms with E-state index in [1.165, 1.54) is 23.2 Å². The van der Waals surface area contributed by atoms with Crippen molar-refractivity contribution in [1.82, 2.24) is 4.90 Å². The van der Waals surface area contributed by atoms with E-state index in [9.17, 15) is 18.0 Å². The average Bonchev–Trinajstić information content (AvgIpc) is 2.95. The Balaban J connectivity index is 1.59. The number of ether oxygens (including phenoxy) is 2. The second kappa shape index (κ2) is 12.3. The lowest BCUT2D eigenvalue weighted by atomic mass is 9.99. The van der Waals surface area contributed by atoms with E-state index in [-0.39, 0.29) is 11.5 Å². The molecule has 1 saturated heterocycles. The molecular formula is C29H28N2O6S2. The van der Waals surface area contributed by atoms with Crippen LogP contribution in [-0.4, -0.2) is 56.0 Å². The lowest BCUT2D eigenvalue weighted by Gasteiger charge is -2.47. The van der Waals surface area contributed by atoms with E-state index in [0.29, 0.717) is 22.1 Å². The van der Waals surface area contributed by atoms with Crippen LogP contribution in [0.25, 0.3) is 0 Å². The number of amides is 1. The highest BCUT2D eigenvalue weighted by atomic mass is 33.1. The van der Waals surface area contributed by atoms with Crippen LogP contribution in [0.4, 0.5) is 0 Å². The minimum atomic E-state index is -3.88. The molecule has 1 amide bonds. The first-order valence-corrected chi connectivity index (χ1v) is 14.9. The number of rotatable bonds is 11. The van der Waals surface area contributed by atoms with Gasteiger partial charge in [-0.05, 0) is 47.9 Å². The van der Waals surface area contributed by atoms with E-state index in [4.69, 9.17) is 9.47 Å². The molecule has 1 fully saturated rings. The third kappa shape index (κ3) is 6.58. The topological polar surface area (TPSA) is 102 Å². The Morgan fingerprint density at radius 1 is 1.05 bits per heavy atom. The molecule has 39 heavy (non-hydrogen) atoms. The van der Waals surface area contributed by atoms with Crippen LogP contribution in [0, 0.1) is 0 Å². The fourth-order valence-electron chi connectivity index (χ4n) is 3.97. The molecule has 0 radical (unpaired) electrons. The molecule has 0 spiro atoms. The molecule has 4 rings (SSSR count). The molecule has 0 aromatic heterocycles. The summed E-state index contributed by atoms with van der Waals surface area (Å²) in [5.74, 6) is -0.533. The number of hydrogen-bond donors (Lipinski definition) is 0. The van der Waals surface area contributed by atoms with Gasteiger partial charge in [-0.25, -0.2) is 13.2 Å². The van der Waals surface area contributed by atoms with Gasteiger partial charge in [0.05, 0.1) is 12.0 Å². The van der Waals surface area contributed by atoms with Crippen molar-refractivity contribution in [2.24, 2.45) is 4.99 Å². The smallest absolute Gasteiger partial charge is 0.333 e. The fourth-order valence-corrected chi connectivity index (χ4v) is 7.48. The number of aliphatic imine (C=N–C) groups is 1. The lowest BCUT2D eigenvalue weighted by Crippen LogP contribution is -2.67. The number of likely N-dealkylation sites (tertiary alicyclic amines) is 1. The Hall–Kier alpha value is -3.89. The largest absolute Gasteiger partial charge is 0.497 e. The van der Waals surface area contributed by atoms with Gasteiger partial charge in [0.1, 0.15) is 17.7 Å². The minimum Gasteiger partial charge on any atom is -0.497 e. The van der Waals surface area contributed by atoms with Gasteiger partial charge in [-0.15, -0.1) is 0 Å². The van der Waals surface area contributed by atoms with Crippen molar-refractivity contribution in [3.8, 4) is 5.75 Å². The second-order valence-electron chi connectivity index (χ2n) is 8.84.